The van der Waals surface area contributed by atoms with Crippen molar-refractivity contribution in [3.63, 3.8) is 0 Å². The second-order valence-electron chi connectivity index (χ2n) is 7.12. The van der Waals surface area contributed by atoms with E-state index in [1.807, 2.05) is 0 Å². The van der Waals surface area contributed by atoms with Crippen LogP contribution in [-0.2, 0) is 16.5 Å². The molecule has 33 heavy (non-hydrogen) atoms. The average molecular weight is 465 g/mol. The third-order valence-electron chi connectivity index (χ3n) is 4.99. The van der Waals surface area contributed by atoms with Crippen molar-refractivity contribution in [2.45, 2.75) is 5.75 Å². The van der Waals surface area contributed by atoms with Crippen molar-refractivity contribution < 1.29 is 17.7 Å². The van der Waals surface area contributed by atoms with Gasteiger partial charge in [0.05, 0.1) is 28.1 Å². The molecule has 0 atom stereocenters. The molecular weight excluding hydrogens is 449 g/mol. The van der Waals surface area contributed by atoms with Gasteiger partial charge in [0.25, 0.3) is 11.2 Å². The number of nitro groups is 1. The first kappa shape index (κ1) is 22.0. The van der Waals surface area contributed by atoms with Crippen LogP contribution < -0.4 is 5.56 Å². The molecule has 3 aromatic carbocycles. The molecule has 4 aromatic rings. The van der Waals surface area contributed by atoms with Gasteiger partial charge in [-0.2, -0.15) is 9.78 Å². The Hall–Kier alpha value is -4.18. The van der Waals surface area contributed by atoms with Crippen molar-refractivity contribution in [2.24, 2.45) is 0 Å². The van der Waals surface area contributed by atoms with E-state index in [9.17, 15) is 27.7 Å². The minimum absolute atomic E-state index is 0.0968. The quantitative estimate of drug-likeness (QED) is 0.264. The second-order valence-corrected chi connectivity index (χ2v) is 8.10. The highest BCUT2D eigenvalue weighted by Gasteiger charge is 2.17. The van der Waals surface area contributed by atoms with E-state index in [-0.39, 0.29) is 17.0 Å². The number of halogens is 1. The monoisotopic (exact) mass is 465 g/mol. The Labute approximate surface area is 188 Å². The lowest BCUT2D eigenvalue weighted by atomic mass is 9.96. The van der Waals surface area contributed by atoms with Gasteiger partial charge in [-0.1, -0.05) is 36.4 Å². The van der Waals surface area contributed by atoms with Gasteiger partial charge in [0.15, 0.2) is 0 Å². The Bertz CT molecular complexity index is 1450. The van der Waals surface area contributed by atoms with Crippen LogP contribution in [0.2, 0.25) is 0 Å². The van der Waals surface area contributed by atoms with Crippen LogP contribution in [0.4, 0.5) is 10.1 Å². The van der Waals surface area contributed by atoms with Gasteiger partial charge in [-0.25, -0.2) is 12.8 Å². The lowest BCUT2D eigenvalue weighted by Crippen LogP contribution is -2.23. The molecule has 0 N–H and O–H groups in total. The van der Waals surface area contributed by atoms with Crippen LogP contribution >= 0.6 is 0 Å². The molecule has 0 saturated heterocycles. The maximum Gasteiger partial charge on any atom is 0.279 e. The molecular formula is C23H16FN3O5S. The summed E-state index contributed by atoms with van der Waals surface area (Å²) in [5.74, 6) is -0.554. The summed E-state index contributed by atoms with van der Waals surface area (Å²) in [5, 5.41) is 15.2. The van der Waals surface area contributed by atoms with E-state index >= 15 is 0 Å². The van der Waals surface area contributed by atoms with Crippen molar-refractivity contribution in [1.82, 2.24) is 9.78 Å². The van der Waals surface area contributed by atoms with Crippen LogP contribution in [0.3, 0.4) is 0 Å². The van der Waals surface area contributed by atoms with E-state index in [4.69, 9.17) is 0 Å². The van der Waals surface area contributed by atoms with Crippen molar-refractivity contribution >= 4 is 16.4 Å². The van der Waals surface area contributed by atoms with E-state index in [0.29, 0.717) is 27.9 Å². The van der Waals surface area contributed by atoms with Crippen LogP contribution in [0, 0.1) is 15.9 Å². The fourth-order valence-corrected chi connectivity index (χ4v) is 3.92. The van der Waals surface area contributed by atoms with E-state index in [1.54, 1.807) is 24.3 Å². The number of nitrogens with zero attached hydrogens (tertiary/aromatic N) is 3. The smallest absolute Gasteiger partial charge is 0.267 e. The van der Waals surface area contributed by atoms with Crippen LogP contribution in [0.25, 0.3) is 27.9 Å². The molecule has 0 radical (unpaired) electrons. The van der Waals surface area contributed by atoms with Gasteiger partial charge in [0, 0.05) is 17.7 Å². The molecule has 8 nitrogen and oxygen atoms in total. The lowest BCUT2D eigenvalue weighted by Gasteiger charge is -2.13. The summed E-state index contributed by atoms with van der Waals surface area (Å²) in [6, 6.07) is 17.5. The zero-order chi connectivity index (χ0) is 23.5. The Morgan fingerprint density at radius 1 is 0.909 bits per heavy atom. The molecule has 10 heteroatoms. The molecule has 0 unspecified atom stereocenters. The van der Waals surface area contributed by atoms with Gasteiger partial charge >= 0.3 is 0 Å². The minimum atomic E-state index is -2.57. The van der Waals surface area contributed by atoms with E-state index in [1.165, 1.54) is 54.7 Å². The maximum absolute atomic E-state index is 13.5. The summed E-state index contributed by atoms with van der Waals surface area (Å²) >= 11 is 0. The van der Waals surface area contributed by atoms with Gasteiger partial charge in [-0.15, -0.1) is 0 Å². The first-order valence-electron chi connectivity index (χ1n) is 9.67. The predicted octanol–water partition coefficient (Wildman–Crippen LogP) is 3.73. The van der Waals surface area contributed by atoms with Crippen LogP contribution in [0.15, 0.2) is 83.8 Å². The standard InChI is InChI=1S/C23H16FN3O5S/c24-18-7-5-17(6-8-18)22-21(16-3-1-15(2-4-16)14-33(31)32)13-25-26(23(22)28)19-9-11-20(12-10-19)27(29)30/h1-13,33H,14H2. The highest BCUT2D eigenvalue weighted by molar-refractivity contribution is 7.71. The van der Waals surface area contributed by atoms with E-state index in [2.05, 4.69) is 5.10 Å². The van der Waals surface area contributed by atoms with Crippen molar-refractivity contribution in [3.05, 3.63) is 111 Å². The Morgan fingerprint density at radius 2 is 1.52 bits per heavy atom. The van der Waals surface area contributed by atoms with Crippen molar-refractivity contribution in [1.29, 1.82) is 0 Å². The summed E-state index contributed by atoms with van der Waals surface area (Å²) < 4.78 is 36.6. The molecule has 1 heterocycles. The van der Waals surface area contributed by atoms with E-state index in [0.717, 1.165) is 4.68 Å². The largest absolute Gasteiger partial charge is 0.279 e. The Balaban J connectivity index is 1.88. The summed E-state index contributed by atoms with van der Waals surface area (Å²) in [7, 11) is -2.57. The lowest BCUT2D eigenvalue weighted by molar-refractivity contribution is -0.384. The number of thiol groups is 1. The number of nitro benzene ring substituents is 1. The summed E-state index contributed by atoms with van der Waals surface area (Å²) in [5.41, 5.74) is 2.12. The molecule has 0 amide bonds. The second kappa shape index (κ2) is 9.13. The molecule has 0 aliphatic carbocycles. The predicted molar refractivity (Wildman–Crippen MR) is 121 cm³/mol. The summed E-state index contributed by atoms with van der Waals surface area (Å²) in [4.78, 5) is 23.9. The number of rotatable bonds is 6. The molecule has 0 saturated carbocycles. The molecule has 4 rings (SSSR count). The third kappa shape index (κ3) is 4.70. The highest BCUT2D eigenvalue weighted by Crippen LogP contribution is 2.30. The number of aromatic nitrogens is 2. The summed E-state index contributed by atoms with van der Waals surface area (Å²) in [6.07, 6.45) is 1.48. The van der Waals surface area contributed by atoms with Crippen molar-refractivity contribution in [3.8, 4) is 27.9 Å². The molecule has 0 fully saturated rings. The Morgan fingerprint density at radius 3 is 2.09 bits per heavy atom. The first-order valence-corrected chi connectivity index (χ1v) is 11.0. The molecule has 0 bridgehead atoms. The Kier molecular flexibility index (Phi) is 6.09. The average Bonchev–Trinajstić information content (AvgIpc) is 2.80. The van der Waals surface area contributed by atoms with Crippen molar-refractivity contribution in [2.75, 3.05) is 0 Å². The normalized spacial score (nSPS) is 11.0. The molecule has 1 aromatic heterocycles. The van der Waals surface area contributed by atoms with Gasteiger partial charge in [0.1, 0.15) is 16.5 Å². The summed E-state index contributed by atoms with van der Waals surface area (Å²) in [6.45, 7) is 0. The number of hydrogen-bond donors (Lipinski definition) is 1. The third-order valence-corrected chi connectivity index (χ3v) is 5.62. The number of non-ortho nitro benzene ring substituents is 1. The fraction of sp³-hybridized carbons (Fsp3) is 0.0435. The zero-order valence-corrected chi connectivity index (χ0v) is 17.8. The van der Waals surface area contributed by atoms with Crippen LogP contribution in [0.5, 0.6) is 0 Å². The number of hydrogen-bond acceptors (Lipinski definition) is 6. The zero-order valence-electron chi connectivity index (χ0n) is 16.9. The SMILES string of the molecule is O=c1c(-c2ccc(F)cc2)c(-c2ccc(C[SH](=O)=O)cc2)cnn1-c1ccc([N+](=O)[O-])cc1. The number of benzene rings is 3. The molecule has 0 aliphatic heterocycles. The van der Waals surface area contributed by atoms with Crippen LogP contribution in [0.1, 0.15) is 5.56 Å². The topological polar surface area (TPSA) is 112 Å². The molecule has 166 valence electrons. The highest BCUT2D eigenvalue weighted by atomic mass is 32.2. The maximum atomic E-state index is 13.5. The van der Waals surface area contributed by atoms with Gasteiger partial charge < -0.3 is 0 Å². The van der Waals surface area contributed by atoms with E-state index < -0.39 is 27.0 Å². The van der Waals surface area contributed by atoms with Crippen LogP contribution in [-0.4, -0.2) is 23.1 Å². The fourth-order valence-electron chi connectivity index (χ4n) is 3.41. The van der Waals surface area contributed by atoms with Gasteiger partial charge in [-0.3, -0.25) is 14.9 Å². The minimum Gasteiger partial charge on any atom is -0.267 e. The molecule has 0 aliphatic rings. The molecule has 0 spiro atoms. The van der Waals surface area contributed by atoms with Gasteiger partial charge in [0.2, 0.25) is 0 Å². The van der Waals surface area contributed by atoms with Gasteiger partial charge in [-0.05, 0) is 41.0 Å². The first-order chi connectivity index (χ1) is 15.8.